The first kappa shape index (κ1) is 33.9. The lowest BCUT2D eigenvalue weighted by Crippen LogP contribution is -2.58. The van der Waals surface area contributed by atoms with Crippen LogP contribution < -0.4 is 20.5 Å². The topological polar surface area (TPSA) is 85.9 Å². The Morgan fingerprint density at radius 2 is 1.34 bits per heavy atom. The zero-order chi connectivity index (χ0) is 30.5. The summed E-state index contributed by atoms with van der Waals surface area (Å²) < 4.78 is 40.8. The van der Waals surface area contributed by atoms with Crippen molar-refractivity contribution in [2.45, 2.75) is 54.4 Å². The van der Waals surface area contributed by atoms with Gasteiger partial charge in [0.25, 0.3) is 0 Å². The largest absolute Gasteiger partial charge is 0.484 e. The highest BCUT2D eigenvalue weighted by Gasteiger charge is 2.49. The number of alkyl halides is 2. The predicted octanol–water partition coefficient (Wildman–Crippen LogP) is 6.49. The third kappa shape index (κ3) is 9.42. The summed E-state index contributed by atoms with van der Waals surface area (Å²) >= 11 is 0. The molecular weight excluding hydrogens is 600 g/mol. The third-order valence-corrected chi connectivity index (χ3v) is 7.26. The maximum atomic E-state index is 14.3. The average Bonchev–Trinajstić information content (AvgIpc) is 2.86. The number of nitroso groups, excluding NO2 is 1. The molecular formula is C29H39F2N3O3P4. The van der Waals surface area contributed by atoms with Gasteiger partial charge >= 0.3 is 5.66 Å². The molecule has 0 aliphatic rings. The second-order valence-corrected chi connectivity index (χ2v) is 16.1. The molecule has 3 N–H and O–H groups in total. The van der Waals surface area contributed by atoms with E-state index in [1.54, 1.807) is 0 Å². The maximum absolute atomic E-state index is 14.3. The van der Waals surface area contributed by atoms with E-state index in [1.165, 1.54) is 9.24 Å². The third-order valence-electron chi connectivity index (χ3n) is 6.40. The van der Waals surface area contributed by atoms with Crippen LogP contribution in [0, 0.1) is 4.91 Å². The number of halogens is 2. The fraction of sp³-hybridized carbons (Fsp3) is 0.379. The van der Waals surface area contributed by atoms with Crippen LogP contribution in [0.15, 0.2) is 84.0 Å². The molecule has 6 nitrogen and oxygen atoms in total. The number of nitrogens with one attached hydrogen (secondary N) is 1. The molecule has 0 bridgehead atoms. The Morgan fingerprint density at radius 1 is 0.805 bits per heavy atom. The molecule has 41 heavy (non-hydrogen) atoms. The van der Waals surface area contributed by atoms with Crippen LogP contribution in [0.25, 0.3) is 0 Å². The summed E-state index contributed by atoms with van der Waals surface area (Å²) in [5.74, 6) is 1.28. The minimum atomic E-state index is -3.61. The van der Waals surface area contributed by atoms with Gasteiger partial charge < -0.3 is 14.8 Å². The Labute approximate surface area is 250 Å². The molecule has 0 fully saturated rings. The van der Waals surface area contributed by atoms with Crippen LogP contribution in [0.1, 0.15) is 37.5 Å². The second-order valence-electron chi connectivity index (χ2n) is 11.0. The molecule has 0 saturated carbocycles. The van der Waals surface area contributed by atoms with E-state index in [0.717, 1.165) is 16.7 Å². The summed E-state index contributed by atoms with van der Waals surface area (Å²) in [5, 5.41) is 4.55. The fourth-order valence-electron chi connectivity index (χ4n) is 4.53. The van der Waals surface area contributed by atoms with E-state index >= 15 is 0 Å². The number of hydrogen-bond acceptors (Lipinski definition) is 6. The Hall–Kier alpha value is -1.64. The van der Waals surface area contributed by atoms with Crippen molar-refractivity contribution in [3.05, 3.63) is 100 Å². The van der Waals surface area contributed by atoms with Crippen LogP contribution in [0.4, 0.5) is 8.78 Å². The molecule has 3 aromatic carbocycles. The summed E-state index contributed by atoms with van der Waals surface area (Å²) in [4.78, 5) is 11.5. The van der Waals surface area contributed by atoms with Gasteiger partial charge in [-0.2, -0.15) is 8.78 Å². The van der Waals surface area contributed by atoms with E-state index < -0.39 is 33.7 Å². The summed E-state index contributed by atoms with van der Waals surface area (Å²) in [6, 6.07) is 25.3. The highest BCUT2D eigenvalue weighted by molar-refractivity contribution is 7.39. The van der Waals surface area contributed by atoms with Crippen molar-refractivity contribution in [2.75, 3.05) is 13.1 Å². The smallest absolute Gasteiger partial charge is 0.300 e. The Kier molecular flexibility index (Phi) is 11.0. The summed E-state index contributed by atoms with van der Waals surface area (Å²) in [5.41, 5.74) is 1.42. The first-order chi connectivity index (χ1) is 19.0. The molecule has 3 aromatic rings. The van der Waals surface area contributed by atoms with E-state index in [9.17, 15) is 13.7 Å². The van der Waals surface area contributed by atoms with Crippen LogP contribution in [-0.4, -0.2) is 34.8 Å². The lowest BCUT2D eigenvalue weighted by Gasteiger charge is -2.38. The molecule has 0 amide bonds. The van der Waals surface area contributed by atoms with Crippen molar-refractivity contribution in [1.82, 2.24) is 5.32 Å². The number of benzene rings is 3. The van der Waals surface area contributed by atoms with Gasteiger partial charge in [0, 0.05) is 18.5 Å². The fourth-order valence-corrected chi connectivity index (χ4v) is 5.09. The normalized spacial score (nSPS) is 15.5. The van der Waals surface area contributed by atoms with Gasteiger partial charge in [-0.15, -0.1) is 4.91 Å². The Balaban J connectivity index is 2.22. The van der Waals surface area contributed by atoms with E-state index in [1.807, 2.05) is 99.6 Å². The van der Waals surface area contributed by atoms with Gasteiger partial charge in [0.05, 0.1) is 0 Å². The number of nitrogens with two attached hydrogens (primary N) is 1. The standard InChI is InChI=1S/C29H39F2N3O3P4/c1-25(2,38)36-23-13-7-11-21(15-23)27(17-20-9-5-4-6-10-20,18-33-19-28(32,34-35)29(30,31)41)22-12-8-14-24(16-22)37-26(3,39)40/h4-16,33H,17-19,32,38-41H2,1-3H3/t27?,28-/m1/s1. The van der Waals surface area contributed by atoms with Gasteiger partial charge in [-0.3, -0.25) is 5.73 Å². The number of rotatable bonds is 14. The van der Waals surface area contributed by atoms with Crippen LogP contribution in [0.5, 0.6) is 11.5 Å². The van der Waals surface area contributed by atoms with E-state index in [0.29, 0.717) is 17.9 Å². The molecule has 0 aliphatic carbocycles. The van der Waals surface area contributed by atoms with Crippen molar-refractivity contribution in [3.63, 3.8) is 0 Å². The molecule has 0 radical (unpaired) electrons. The monoisotopic (exact) mass is 639 g/mol. The number of nitrogens with zero attached hydrogens (tertiary/aromatic N) is 1. The van der Waals surface area contributed by atoms with Crippen LogP contribution in [0.3, 0.4) is 0 Å². The zero-order valence-corrected chi connectivity index (χ0v) is 28.1. The van der Waals surface area contributed by atoms with Gasteiger partial charge in [-0.1, -0.05) is 91.6 Å². The minimum absolute atomic E-state index is 0.146. The Morgan fingerprint density at radius 3 is 1.80 bits per heavy atom. The lowest BCUT2D eigenvalue weighted by atomic mass is 9.70. The first-order valence-corrected chi connectivity index (χ1v) is 15.3. The molecule has 3 rings (SSSR count). The zero-order valence-electron chi connectivity index (χ0n) is 23.4. The van der Waals surface area contributed by atoms with E-state index in [4.69, 9.17) is 15.2 Å². The lowest BCUT2D eigenvalue weighted by molar-refractivity contribution is 0.0181. The van der Waals surface area contributed by atoms with Crippen molar-refractivity contribution >= 4 is 37.0 Å². The average molecular weight is 640 g/mol. The first-order valence-electron chi connectivity index (χ1n) is 13.0. The van der Waals surface area contributed by atoms with Gasteiger partial charge in [0.15, 0.2) is 0 Å². The van der Waals surface area contributed by atoms with Gasteiger partial charge in [0.2, 0.25) is 5.66 Å². The molecule has 0 aliphatic heterocycles. The highest BCUT2D eigenvalue weighted by Crippen LogP contribution is 2.41. The maximum Gasteiger partial charge on any atom is 0.300 e. The minimum Gasteiger partial charge on any atom is -0.484 e. The van der Waals surface area contributed by atoms with Crippen molar-refractivity contribution in [3.8, 4) is 11.5 Å². The van der Waals surface area contributed by atoms with Crippen molar-refractivity contribution in [1.29, 1.82) is 0 Å². The molecule has 0 spiro atoms. The molecule has 5 unspecified atom stereocenters. The number of ether oxygens (including phenoxy) is 2. The SMILES string of the molecule is CC(C)(P)Oc1cccc(C(CNC[C@@](N)(N=O)C(F)(F)P)(Cc2ccccc2)c2cccc(OC(C)(P)P)c2)c1. The molecule has 0 saturated heterocycles. The van der Waals surface area contributed by atoms with Crippen molar-refractivity contribution in [2.24, 2.45) is 10.9 Å². The summed E-state index contributed by atoms with van der Waals surface area (Å²) in [6.45, 7) is 5.36. The van der Waals surface area contributed by atoms with Crippen molar-refractivity contribution < 1.29 is 18.3 Å². The van der Waals surface area contributed by atoms with Crippen LogP contribution >= 0.6 is 37.0 Å². The summed E-state index contributed by atoms with van der Waals surface area (Å²) in [6.07, 6.45) is 0.486. The van der Waals surface area contributed by atoms with E-state index in [2.05, 4.69) is 38.2 Å². The predicted molar refractivity (Wildman–Crippen MR) is 177 cm³/mol. The molecule has 222 valence electrons. The molecule has 0 heterocycles. The van der Waals surface area contributed by atoms with Crippen LogP contribution in [-0.2, 0) is 11.8 Å². The van der Waals surface area contributed by atoms with Crippen LogP contribution in [0.2, 0.25) is 0 Å². The summed E-state index contributed by atoms with van der Waals surface area (Å²) in [7, 11) is 9.25. The van der Waals surface area contributed by atoms with Gasteiger partial charge in [-0.05, 0) is 73.3 Å². The quantitative estimate of drug-likeness (QED) is 0.156. The Bertz CT molecular complexity index is 1260. The van der Waals surface area contributed by atoms with Gasteiger partial charge in [-0.25, -0.2) is 0 Å². The number of hydrogen-bond donors (Lipinski definition) is 2. The molecule has 12 heteroatoms. The molecule has 6 atom stereocenters. The second kappa shape index (κ2) is 13.3. The van der Waals surface area contributed by atoms with Gasteiger partial charge in [0.1, 0.15) is 21.9 Å². The molecule has 0 aromatic heterocycles. The highest BCUT2D eigenvalue weighted by atomic mass is 31.1. The van der Waals surface area contributed by atoms with E-state index in [-0.39, 0.29) is 6.54 Å².